The normalized spacial score (nSPS) is 10.1. The standard InChI is InChI=1S/C12H10BrN3/c1-8-4-5-9(11(6-8)14-2)12-10(13)7-15-16(12)3/h4-7H,1,3H3. The van der Waals surface area contributed by atoms with Crippen molar-refractivity contribution in [3.63, 3.8) is 0 Å². The van der Waals surface area contributed by atoms with Crippen LogP contribution in [-0.2, 0) is 7.05 Å². The lowest BCUT2D eigenvalue weighted by atomic mass is 10.1. The second-order valence-corrected chi connectivity index (χ2v) is 4.45. The van der Waals surface area contributed by atoms with Gasteiger partial charge in [-0.25, -0.2) is 4.85 Å². The molecule has 3 nitrogen and oxygen atoms in total. The molecule has 0 aliphatic carbocycles. The van der Waals surface area contributed by atoms with E-state index in [2.05, 4.69) is 25.9 Å². The Labute approximate surface area is 103 Å². The maximum absolute atomic E-state index is 7.20. The molecule has 0 amide bonds. The third kappa shape index (κ3) is 1.74. The summed E-state index contributed by atoms with van der Waals surface area (Å²) in [5.41, 5.74) is 3.59. The largest absolute Gasteiger partial charge is 0.268 e. The Bertz CT molecular complexity index is 559. The summed E-state index contributed by atoms with van der Waals surface area (Å²) in [6.07, 6.45) is 1.74. The zero-order valence-electron chi connectivity index (χ0n) is 9.03. The van der Waals surface area contributed by atoms with Crippen molar-refractivity contribution in [1.29, 1.82) is 0 Å². The van der Waals surface area contributed by atoms with Gasteiger partial charge in [-0.2, -0.15) is 5.10 Å². The maximum Gasteiger partial charge on any atom is 0.196 e. The number of rotatable bonds is 1. The Morgan fingerprint density at radius 3 is 2.75 bits per heavy atom. The third-order valence-electron chi connectivity index (χ3n) is 2.42. The van der Waals surface area contributed by atoms with Crippen molar-refractivity contribution in [2.24, 2.45) is 7.05 Å². The molecule has 0 spiro atoms. The minimum absolute atomic E-state index is 0.657. The van der Waals surface area contributed by atoms with E-state index in [0.29, 0.717) is 5.69 Å². The van der Waals surface area contributed by atoms with Crippen LogP contribution >= 0.6 is 15.9 Å². The molecule has 0 bridgehead atoms. The Hall–Kier alpha value is -1.60. The molecule has 4 heteroatoms. The van der Waals surface area contributed by atoms with E-state index in [0.717, 1.165) is 21.3 Å². The number of aromatic nitrogens is 2. The molecular weight excluding hydrogens is 266 g/mol. The van der Waals surface area contributed by atoms with Gasteiger partial charge in [-0.3, -0.25) is 4.68 Å². The van der Waals surface area contributed by atoms with Crippen LogP contribution in [0.5, 0.6) is 0 Å². The highest BCUT2D eigenvalue weighted by atomic mass is 79.9. The molecule has 16 heavy (non-hydrogen) atoms. The van der Waals surface area contributed by atoms with E-state index in [9.17, 15) is 0 Å². The highest BCUT2D eigenvalue weighted by molar-refractivity contribution is 9.10. The number of hydrogen-bond acceptors (Lipinski definition) is 1. The van der Waals surface area contributed by atoms with Crippen molar-refractivity contribution in [1.82, 2.24) is 9.78 Å². The second kappa shape index (κ2) is 4.11. The van der Waals surface area contributed by atoms with Crippen LogP contribution in [-0.4, -0.2) is 9.78 Å². The number of hydrogen-bond donors (Lipinski definition) is 0. The molecule has 0 aliphatic rings. The lowest BCUT2D eigenvalue weighted by molar-refractivity contribution is 0.776. The summed E-state index contributed by atoms with van der Waals surface area (Å²) in [7, 11) is 1.87. The molecule has 1 heterocycles. The molecule has 0 N–H and O–H groups in total. The van der Waals surface area contributed by atoms with Crippen molar-refractivity contribution < 1.29 is 0 Å². The lowest BCUT2D eigenvalue weighted by Gasteiger charge is -2.06. The summed E-state index contributed by atoms with van der Waals surface area (Å²) in [6.45, 7) is 9.19. The third-order valence-corrected chi connectivity index (χ3v) is 3.00. The van der Waals surface area contributed by atoms with E-state index < -0.39 is 0 Å². The summed E-state index contributed by atoms with van der Waals surface area (Å²) in [5, 5.41) is 4.16. The minimum atomic E-state index is 0.657. The van der Waals surface area contributed by atoms with Crippen LogP contribution in [0, 0.1) is 13.5 Å². The van der Waals surface area contributed by atoms with Crippen molar-refractivity contribution in [2.45, 2.75) is 6.92 Å². The first-order chi connectivity index (χ1) is 7.63. The molecule has 2 aromatic rings. The Balaban J connectivity index is 2.70. The van der Waals surface area contributed by atoms with Gasteiger partial charge in [0.25, 0.3) is 0 Å². The van der Waals surface area contributed by atoms with Crippen molar-refractivity contribution >= 4 is 21.6 Å². The molecule has 0 saturated carbocycles. The molecule has 0 atom stereocenters. The van der Waals surface area contributed by atoms with E-state index in [1.54, 1.807) is 10.9 Å². The van der Waals surface area contributed by atoms with Crippen LogP contribution in [0.1, 0.15) is 5.56 Å². The van der Waals surface area contributed by atoms with Crippen LogP contribution in [0.15, 0.2) is 28.9 Å². The van der Waals surface area contributed by atoms with E-state index in [1.807, 2.05) is 32.2 Å². The number of aryl methyl sites for hydroxylation is 2. The summed E-state index contributed by atoms with van der Waals surface area (Å²) in [5.74, 6) is 0. The van der Waals surface area contributed by atoms with Gasteiger partial charge in [0.15, 0.2) is 5.69 Å². The topological polar surface area (TPSA) is 22.2 Å². The van der Waals surface area contributed by atoms with Crippen LogP contribution in [0.3, 0.4) is 0 Å². The molecule has 80 valence electrons. The van der Waals surface area contributed by atoms with Crippen molar-refractivity contribution in [3.8, 4) is 11.3 Å². The van der Waals surface area contributed by atoms with Gasteiger partial charge in [-0.15, -0.1) is 0 Å². The fraction of sp³-hybridized carbons (Fsp3) is 0.167. The second-order valence-electron chi connectivity index (χ2n) is 3.60. The summed E-state index contributed by atoms with van der Waals surface area (Å²) >= 11 is 3.45. The average molecular weight is 276 g/mol. The quantitative estimate of drug-likeness (QED) is 0.728. The first-order valence-electron chi connectivity index (χ1n) is 4.79. The molecule has 0 unspecified atom stereocenters. The van der Waals surface area contributed by atoms with Crippen LogP contribution < -0.4 is 0 Å². The Morgan fingerprint density at radius 1 is 1.44 bits per heavy atom. The Kier molecular flexibility index (Phi) is 2.80. The fourth-order valence-electron chi connectivity index (χ4n) is 1.65. The number of benzene rings is 1. The predicted molar refractivity (Wildman–Crippen MR) is 67.3 cm³/mol. The van der Waals surface area contributed by atoms with E-state index in [4.69, 9.17) is 6.57 Å². The summed E-state index contributed by atoms with van der Waals surface area (Å²) < 4.78 is 2.67. The van der Waals surface area contributed by atoms with Gasteiger partial charge < -0.3 is 0 Å². The molecular formula is C12H10BrN3. The van der Waals surface area contributed by atoms with E-state index in [1.165, 1.54) is 0 Å². The number of halogens is 1. The zero-order chi connectivity index (χ0) is 11.7. The van der Waals surface area contributed by atoms with Crippen LogP contribution in [0.25, 0.3) is 16.1 Å². The average Bonchev–Trinajstić information content (AvgIpc) is 2.59. The van der Waals surface area contributed by atoms with E-state index >= 15 is 0 Å². The van der Waals surface area contributed by atoms with E-state index in [-0.39, 0.29) is 0 Å². The van der Waals surface area contributed by atoms with Crippen LogP contribution in [0.2, 0.25) is 0 Å². The summed E-state index contributed by atoms with van der Waals surface area (Å²) in [6, 6.07) is 5.86. The maximum atomic E-state index is 7.20. The van der Waals surface area contributed by atoms with Gasteiger partial charge in [-0.05, 0) is 22.9 Å². The molecule has 0 aliphatic heterocycles. The smallest absolute Gasteiger partial charge is 0.196 e. The molecule has 1 aromatic heterocycles. The molecule has 1 aromatic carbocycles. The number of nitrogens with zero attached hydrogens (tertiary/aromatic N) is 3. The molecule has 0 saturated heterocycles. The van der Waals surface area contributed by atoms with Gasteiger partial charge in [0.05, 0.1) is 22.9 Å². The zero-order valence-corrected chi connectivity index (χ0v) is 10.6. The lowest BCUT2D eigenvalue weighted by Crippen LogP contribution is -1.94. The van der Waals surface area contributed by atoms with Gasteiger partial charge in [0, 0.05) is 12.6 Å². The van der Waals surface area contributed by atoms with Gasteiger partial charge in [0.1, 0.15) is 0 Å². The van der Waals surface area contributed by atoms with Gasteiger partial charge in [-0.1, -0.05) is 23.8 Å². The van der Waals surface area contributed by atoms with Crippen molar-refractivity contribution in [3.05, 3.63) is 45.8 Å². The SMILES string of the molecule is [C-]#[N+]c1cc(C)ccc1-c1c(Br)cnn1C. The van der Waals surface area contributed by atoms with Crippen molar-refractivity contribution in [2.75, 3.05) is 0 Å². The molecule has 2 rings (SSSR count). The summed E-state index contributed by atoms with van der Waals surface area (Å²) in [4.78, 5) is 3.56. The first-order valence-corrected chi connectivity index (χ1v) is 5.58. The van der Waals surface area contributed by atoms with Gasteiger partial charge >= 0.3 is 0 Å². The predicted octanol–water partition coefficient (Wildman–Crippen LogP) is 3.71. The first kappa shape index (κ1) is 10.9. The fourth-order valence-corrected chi connectivity index (χ4v) is 2.21. The highest BCUT2D eigenvalue weighted by Crippen LogP contribution is 2.35. The monoisotopic (exact) mass is 275 g/mol. The van der Waals surface area contributed by atoms with Crippen LogP contribution in [0.4, 0.5) is 5.69 Å². The molecule has 0 fully saturated rings. The van der Waals surface area contributed by atoms with Gasteiger partial charge in [0.2, 0.25) is 0 Å². The minimum Gasteiger partial charge on any atom is -0.268 e. The molecule has 0 radical (unpaired) electrons. The highest BCUT2D eigenvalue weighted by Gasteiger charge is 2.12. The Morgan fingerprint density at radius 2 is 2.19 bits per heavy atom.